The van der Waals surface area contributed by atoms with Crippen LogP contribution in [0.1, 0.15) is 139 Å². The summed E-state index contributed by atoms with van der Waals surface area (Å²) in [5.41, 5.74) is 0. The first-order chi connectivity index (χ1) is 18.2. The van der Waals surface area contributed by atoms with E-state index in [1.54, 1.807) is 0 Å². The molecule has 0 N–H and O–H groups in total. The molecule has 8 unspecified atom stereocenters. The molecule has 0 radical (unpaired) electrons. The van der Waals surface area contributed by atoms with Gasteiger partial charge < -0.3 is 14.2 Å². The highest BCUT2D eigenvalue weighted by molar-refractivity contribution is 5.71. The Labute approximate surface area is 236 Å². The number of rotatable bonds is 20. The van der Waals surface area contributed by atoms with Gasteiger partial charge in [0.2, 0.25) is 0 Å². The van der Waals surface area contributed by atoms with Crippen LogP contribution in [0.3, 0.4) is 0 Å². The number of unbranched alkanes of at least 4 members (excludes halogenated alkanes) is 1. The van der Waals surface area contributed by atoms with Gasteiger partial charge in [0.25, 0.3) is 0 Å². The Bertz CT molecular complexity index is 634. The highest BCUT2D eigenvalue weighted by Crippen LogP contribution is 2.41. The summed E-state index contributed by atoms with van der Waals surface area (Å²) in [6.45, 7) is 19.6. The van der Waals surface area contributed by atoms with E-state index >= 15 is 0 Å². The van der Waals surface area contributed by atoms with Crippen LogP contribution in [0.5, 0.6) is 0 Å². The maximum absolute atomic E-state index is 12.6. The van der Waals surface area contributed by atoms with E-state index in [9.17, 15) is 4.79 Å². The number of hydrogen-bond acceptors (Lipinski definition) is 4. The van der Waals surface area contributed by atoms with Gasteiger partial charge in [0, 0.05) is 0 Å². The van der Waals surface area contributed by atoms with E-state index in [0.717, 1.165) is 50.5 Å². The molecular formula is C34H64O4. The van der Waals surface area contributed by atoms with Crippen molar-refractivity contribution in [2.75, 3.05) is 13.2 Å². The molecule has 0 amide bonds. The van der Waals surface area contributed by atoms with Crippen molar-refractivity contribution in [3.05, 3.63) is 0 Å². The van der Waals surface area contributed by atoms with Crippen LogP contribution >= 0.6 is 0 Å². The molecule has 0 bridgehead atoms. The molecule has 0 aromatic rings. The summed E-state index contributed by atoms with van der Waals surface area (Å²) in [4.78, 5) is 12.6. The summed E-state index contributed by atoms with van der Waals surface area (Å²) in [7, 11) is 0. The molecular weight excluding hydrogens is 472 g/mol. The summed E-state index contributed by atoms with van der Waals surface area (Å²) in [6.07, 6.45) is 15.9. The molecule has 1 saturated heterocycles. The van der Waals surface area contributed by atoms with Crippen molar-refractivity contribution < 1.29 is 19.0 Å². The second-order valence-corrected chi connectivity index (χ2v) is 13.8. The van der Waals surface area contributed by atoms with Crippen molar-refractivity contribution in [2.45, 2.75) is 151 Å². The minimum atomic E-state index is -0.0211. The molecule has 1 saturated carbocycles. The first-order valence-corrected chi connectivity index (χ1v) is 16.6. The minimum Gasteiger partial charge on any atom is -0.465 e. The average molecular weight is 537 g/mol. The molecule has 4 nitrogen and oxygen atoms in total. The van der Waals surface area contributed by atoms with E-state index in [1.807, 2.05) is 6.92 Å². The van der Waals surface area contributed by atoms with Gasteiger partial charge in [-0.15, -0.1) is 0 Å². The molecule has 0 aromatic heterocycles. The van der Waals surface area contributed by atoms with Crippen LogP contribution in [-0.4, -0.2) is 31.6 Å². The van der Waals surface area contributed by atoms with E-state index in [0.29, 0.717) is 36.2 Å². The monoisotopic (exact) mass is 536 g/mol. The smallest absolute Gasteiger partial charge is 0.308 e. The molecule has 1 aliphatic carbocycles. The van der Waals surface area contributed by atoms with Gasteiger partial charge >= 0.3 is 5.97 Å². The standard InChI is InChI=1S/C34H64O4/c1-9-12-14-28(11-3)22-36-33(35)27(8)17-15-25(6)21-31(19-24(4)5)32-34(38-32)37-23-30-18-16-26(7)20-29(30)13-10-2/h24-32,34H,9-23H2,1-8H3/t25?,26-,27?,28?,29?,30?,31?,32?,34?/m0/s1. The number of hydrogen-bond donors (Lipinski definition) is 0. The first kappa shape index (κ1) is 33.6. The number of carbonyl (C=O) groups is 1. The van der Waals surface area contributed by atoms with Crippen LogP contribution in [0.4, 0.5) is 0 Å². The Kier molecular flexibility index (Phi) is 15.9. The van der Waals surface area contributed by atoms with Gasteiger partial charge in [-0.2, -0.15) is 0 Å². The molecule has 2 aliphatic rings. The van der Waals surface area contributed by atoms with Crippen molar-refractivity contribution in [1.29, 1.82) is 0 Å². The minimum absolute atomic E-state index is 0.000646. The van der Waals surface area contributed by atoms with Crippen LogP contribution in [0.2, 0.25) is 0 Å². The number of ether oxygens (including phenoxy) is 3. The van der Waals surface area contributed by atoms with Crippen molar-refractivity contribution >= 4 is 5.97 Å². The predicted octanol–water partition coefficient (Wildman–Crippen LogP) is 9.44. The average Bonchev–Trinajstić information content (AvgIpc) is 3.66. The lowest BCUT2D eigenvalue weighted by molar-refractivity contribution is -0.149. The van der Waals surface area contributed by atoms with Crippen LogP contribution < -0.4 is 0 Å². The van der Waals surface area contributed by atoms with E-state index in [-0.39, 0.29) is 24.3 Å². The van der Waals surface area contributed by atoms with Crippen LogP contribution in [0, 0.1) is 47.3 Å². The summed E-state index contributed by atoms with van der Waals surface area (Å²) >= 11 is 0. The fourth-order valence-electron chi connectivity index (χ4n) is 6.80. The van der Waals surface area contributed by atoms with E-state index in [2.05, 4.69) is 48.5 Å². The largest absolute Gasteiger partial charge is 0.465 e. The molecule has 0 aromatic carbocycles. The summed E-state index contributed by atoms with van der Waals surface area (Å²) in [6, 6.07) is 0. The summed E-state index contributed by atoms with van der Waals surface area (Å²) in [5, 5.41) is 0. The fraction of sp³-hybridized carbons (Fsp3) is 0.971. The highest BCUT2D eigenvalue weighted by atomic mass is 16.8. The molecule has 9 atom stereocenters. The van der Waals surface area contributed by atoms with Crippen molar-refractivity contribution in [3.8, 4) is 0 Å². The summed E-state index contributed by atoms with van der Waals surface area (Å²) in [5.74, 6) is 4.64. The molecule has 2 fully saturated rings. The van der Waals surface area contributed by atoms with Gasteiger partial charge in [-0.3, -0.25) is 4.79 Å². The third-order valence-corrected chi connectivity index (χ3v) is 9.46. The zero-order valence-corrected chi connectivity index (χ0v) is 26.5. The normalized spacial score (nSPS) is 28.6. The molecule has 38 heavy (non-hydrogen) atoms. The second-order valence-electron chi connectivity index (χ2n) is 13.8. The van der Waals surface area contributed by atoms with Gasteiger partial charge in [0.05, 0.1) is 19.1 Å². The molecule has 1 aliphatic heterocycles. The zero-order valence-electron chi connectivity index (χ0n) is 26.5. The Balaban J connectivity index is 1.75. The lowest BCUT2D eigenvalue weighted by atomic mass is 9.73. The fourth-order valence-corrected chi connectivity index (χ4v) is 6.80. The van der Waals surface area contributed by atoms with Gasteiger partial charge in [-0.1, -0.05) is 93.9 Å². The maximum Gasteiger partial charge on any atom is 0.308 e. The van der Waals surface area contributed by atoms with Crippen LogP contribution in [0.15, 0.2) is 0 Å². The third-order valence-electron chi connectivity index (χ3n) is 9.46. The lowest BCUT2D eigenvalue weighted by Gasteiger charge is -2.34. The van der Waals surface area contributed by atoms with Gasteiger partial charge in [0.1, 0.15) is 6.10 Å². The highest BCUT2D eigenvalue weighted by Gasteiger charge is 2.46. The molecule has 4 heteroatoms. The van der Waals surface area contributed by atoms with Crippen molar-refractivity contribution in [2.24, 2.45) is 47.3 Å². The lowest BCUT2D eigenvalue weighted by Crippen LogP contribution is -2.28. The van der Waals surface area contributed by atoms with E-state index < -0.39 is 0 Å². The van der Waals surface area contributed by atoms with Gasteiger partial charge in [-0.25, -0.2) is 0 Å². The van der Waals surface area contributed by atoms with Crippen molar-refractivity contribution in [1.82, 2.24) is 0 Å². The number of esters is 1. The Morgan fingerprint density at radius 3 is 2.37 bits per heavy atom. The van der Waals surface area contributed by atoms with Crippen molar-refractivity contribution in [3.63, 3.8) is 0 Å². The Morgan fingerprint density at radius 2 is 1.71 bits per heavy atom. The number of carbonyl (C=O) groups excluding carboxylic acids is 1. The predicted molar refractivity (Wildman–Crippen MR) is 159 cm³/mol. The van der Waals surface area contributed by atoms with Gasteiger partial charge in [-0.05, 0) is 86.4 Å². The number of epoxide rings is 1. The van der Waals surface area contributed by atoms with Gasteiger partial charge in [0.15, 0.2) is 6.29 Å². The second kappa shape index (κ2) is 17.9. The SMILES string of the molecule is CCCCC(CC)COC(=O)C(C)CCC(C)CC(CC(C)C)C1OC1OCC1CC[C@H](C)CC1CCC. The molecule has 0 spiro atoms. The van der Waals surface area contributed by atoms with E-state index in [4.69, 9.17) is 14.2 Å². The topological polar surface area (TPSA) is 48.1 Å². The molecule has 224 valence electrons. The summed E-state index contributed by atoms with van der Waals surface area (Å²) < 4.78 is 18.2. The van der Waals surface area contributed by atoms with E-state index in [1.165, 1.54) is 51.4 Å². The molecule has 2 rings (SSSR count). The van der Waals surface area contributed by atoms with Crippen LogP contribution in [-0.2, 0) is 19.0 Å². The first-order valence-electron chi connectivity index (χ1n) is 16.6. The third kappa shape index (κ3) is 12.3. The quantitative estimate of drug-likeness (QED) is 0.115. The van der Waals surface area contributed by atoms with Crippen LogP contribution in [0.25, 0.3) is 0 Å². The zero-order chi connectivity index (χ0) is 28.1. The maximum atomic E-state index is 12.6. The molecule has 1 heterocycles. The Hall–Kier alpha value is -0.610. The Morgan fingerprint density at radius 1 is 0.947 bits per heavy atom.